The Morgan fingerprint density at radius 1 is 1.25 bits per heavy atom. The molecule has 1 aliphatic carbocycles. The number of nitrogens with zero attached hydrogens (tertiary/aromatic N) is 1. The minimum absolute atomic E-state index is 0.180. The van der Waals surface area contributed by atoms with Crippen LogP contribution in [-0.4, -0.2) is 47.7 Å². The lowest BCUT2D eigenvalue weighted by atomic mass is 9.86. The highest BCUT2D eigenvalue weighted by atomic mass is 16.3. The fourth-order valence-electron chi connectivity index (χ4n) is 3.58. The van der Waals surface area contributed by atoms with Gasteiger partial charge in [-0.2, -0.15) is 0 Å². The molecule has 0 aromatic rings. The van der Waals surface area contributed by atoms with Crippen LogP contribution in [0, 0.1) is 11.8 Å². The number of aliphatic hydroxyl groups excluding tert-OH is 1. The van der Waals surface area contributed by atoms with E-state index in [0.717, 1.165) is 32.4 Å². The molecule has 3 atom stereocenters. The van der Waals surface area contributed by atoms with Gasteiger partial charge in [-0.3, -0.25) is 9.69 Å². The fourth-order valence-corrected chi connectivity index (χ4v) is 3.58. The Morgan fingerprint density at radius 2 is 1.90 bits per heavy atom. The quantitative estimate of drug-likeness (QED) is 0.826. The van der Waals surface area contributed by atoms with Crippen LogP contribution in [0.15, 0.2) is 0 Å². The first-order chi connectivity index (χ1) is 9.56. The maximum Gasteiger partial charge on any atom is 0.234 e. The Balaban J connectivity index is 1.70. The van der Waals surface area contributed by atoms with Gasteiger partial charge >= 0.3 is 0 Å². The molecular formula is C16H30N2O2. The molecule has 2 N–H and O–H groups in total. The van der Waals surface area contributed by atoms with Crippen LogP contribution >= 0.6 is 0 Å². The molecule has 116 valence electrons. The topological polar surface area (TPSA) is 52.6 Å². The van der Waals surface area contributed by atoms with E-state index in [1.54, 1.807) is 0 Å². The summed E-state index contributed by atoms with van der Waals surface area (Å²) in [5.74, 6) is 1.21. The number of carbonyl (C=O) groups excluding carboxylic acids is 1. The zero-order valence-electron chi connectivity index (χ0n) is 13.0. The van der Waals surface area contributed by atoms with Crippen molar-refractivity contribution in [3.8, 4) is 0 Å². The van der Waals surface area contributed by atoms with Crippen LogP contribution in [0.4, 0.5) is 0 Å². The third-order valence-corrected chi connectivity index (χ3v) is 5.14. The molecule has 2 rings (SSSR count). The fraction of sp³-hybridized carbons (Fsp3) is 0.938. The molecule has 20 heavy (non-hydrogen) atoms. The van der Waals surface area contributed by atoms with E-state index in [4.69, 9.17) is 0 Å². The highest BCUT2D eigenvalue weighted by molar-refractivity contribution is 5.78. The lowest BCUT2D eigenvalue weighted by molar-refractivity contribution is -0.124. The zero-order chi connectivity index (χ0) is 14.5. The average Bonchev–Trinajstić information content (AvgIpc) is 2.42. The minimum Gasteiger partial charge on any atom is -0.393 e. The van der Waals surface area contributed by atoms with Gasteiger partial charge in [-0.15, -0.1) is 0 Å². The van der Waals surface area contributed by atoms with Crippen molar-refractivity contribution in [2.75, 3.05) is 19.6 Å². The third-order valence-electron chi connectivity index (χ3n) is 5.14. The summed E-state index contributed by atoms with van der Waals surface area (Å²) in [5, 5.41) is 12.8. The molecular weight excluding hydrogens is 252 g/mol. The van der Waals surface area contributed by atoms with Crippen LogP contribution in [0.2, 0.25) is 0 Å². The third kappa shape index (κ3) is 4.45. The Kier molecular flexibility index (Phi) is 5.85. The summed E-state index contributed by atoms with van der Waals surface area (Å²) in [6.45, 7) is 6.51. The van der Waals surface area contributed by atoms with Gasteiger partial charge in [0.05, 0.1) is 12.6 Å². The van der Waals surface area contributed by atoms with Crippen LogP contribution in [0.1, 0.15) is 52.4 Å². The summed E-state index contributed by atoms with van der Waals surface area (Å²) in [7, 11) is 0. The second-order valence-electron chi connectivity index (χ2n) is 6.79. The largest absolute Gasteiger partial charge is 0.393 e. The van der Waals surface area contributed by atoms with Crippen molar-refractivity contribution in [2.45, 2.75) is 64.5 Å². The number of carbonyl (C=O) groups is 1. The standard InChI is InChI=1S/C16H30N2O2/c1-12-5-3-4-6-15(12)17-16(20)11-18-9-7-14(8-10-18)13(2)19/h12-15,19H,3-11H2,1-2H3,(H,17,20)/t12-,13+,15-/m1/s1. The van der Waals surface area contributed by atoms with Gasteiger partial charge < -0.3 is 10.4 Å². The lowest BCUT2D eigenvalue weighted by Crippen LogP contribution is -2.47. The summed E-state index contributed by atoms with van der Waals surface area (Å²) in [6, 6.07) is 0.381. The smallest absolute Gasteiger partial charge is 0.234 e. The van der Waals surface area contributed by atoms with E-state index in [0.29, 0.717) is 24.4 Å². The second-order valence-corrected chi connectivity index (χ2v) is 6.79. The average molecular weight is 282 g/mol. The number of hydrogen-bond acceptors (Lipinski definition) is 3. The molecule has 1 saturated heterocycles. The van der Waals surface area contributed by atoms with Crippen LogP contribution < -0.4 is 5.32 Å². The lowest BCUT2D eigenvalue weighted by Gasteiger charge is -2.34. The Hall–Kier alpha value is -0.610. The summed E-state index contributed by atoms with van der Waals surface area (Å²) in [5.41, 5.74) is 0. The number of amides is 1. The molecule has 1 aliphatic heterocycles. The van der Waals surface area contributed by atoms with Crippen LogP contribution in [0.5, 0.6) is 0 Å². The van der Waals surface area contributed by atoms with E-state index < -0.39 is 0 Å². The molecule has 4 nitrogen and oxygen atoms in total. The first-order valence-corrected chi connectivity index (χ1v) is 8.26. The second kappa shape index (κ2) is 7.41. The van der Waals surface area contributed by atoms with E-state index in [2.05, 4.69) is 17.1 Å². The van der Waals surface area contributed by atoms with Crippen LogP contribution in [-0.2, 0) is 4.79 Å². The predicted octanol–water partition coefficient (Wildman–Crippen LogP) is 1.77. The summed E-state index contributed by atoms with van der Waals surface area (Å²) in [6.07, 6.45) is 6.72. The zero-order valence-corrected chi connectivity index (χ0v) is 13.0. The maximum absolute atomic E-state index is 12.1. The number of nitrogens with one attached hydrogen (secondary N) is 1. The highest BCUT2D eigenvalue weighted by Crippen LogP contribution is 2.24. The molecule has 0 aromatic heterocycles. The summed E-state index contributed by atoms with van der Waals surface area (Å²) >= 11 is 0. The molecule has 2 aliphatic rings. The minimum atomic E-state index is -0.214. The number of hydrogen-bond donors (Lipinski definition) is 2. The first kappa shape index (κ1) is 15.8. The molecule has 4 heteroatoms. The molecule has 0 spiro atoms. The Bertz CT molecular complexity index is 312. The highest BCUT2D eigenvalue weighted by Gasteiger charge is 2.26. The summed E-state index contributed by atoms with van der Waals surface area (Å²) < 4.78 is 0. The normalized spacial score (nSPS) is 30.9. The number of aliphatic hydroxyl groups is 1. The molecule has 0 bridgehead atoms. The molecule has 2 fully saturated rings. The van der Waals surface area contributed by atoms with E-state index in [1.807, 2.05) is 6.92 Å². The molecule has 1 saturated carbocycles. The van der Waals surface area contributed by atoms with Crippen molar-refractivity contribution in [3.05, 3.63) is 0 Å². The van der Waals surface area contributed by atoms with Gasteiger partial charge in [0.1, 0.15) is 0 Å². The molecule has 0 aromatic carbocycles. The maximum atomic E-state index is 12.1. The van der Waals surface area contributed by atoms with Crippen molar-refractivity contribution in [3.63, 3.8) is 0 Å². The SMILES string of the molecule is C[C@H](O)C1CCN(CC(=O)N[C@@H]2CCCC[C@H]2C)CC1. The van der Waals surface area contributed by atoms with E-state index >= 15 is 0 Å². The first-order valence-electron chi connectivity index (χ1n) is 8.26. The van der Waals surface area contributed by atoms with Gasteiger partial charge in [0, 0.05) is 6.04 Å². The van der Waals surface area contributed by atoms with Gasteiger partial charge in [-0.1, -0.05) is 19.8 Å². The summed E-state index contributed by atoms with van der Waals surface area (Å²) in [4.78, 5) is 14.4. The number of likely N-dealkylation sites (tertiary alicyclic amines) is 1. The molecule has 0 unspecified atom stereocenters. The van der Waals surface area contributed by atoms with Gasteiger partial charge in [0.15, 0.2) is 0 Å². The molecule has 1 amide bonds. The van der Waals surface area contributed by atoms with E-state index in [1.165, 1.54) is 19.3 Å². The van der Waals surface area contributed by atoms with E-state index in [9.17, 15) is 9.90 Å². The van der Waals surface area contributed by atoms with Crippen molar-refractivity contribution >= 4 is 5.91 Å². The van der Waals surface area contributed by atoms with Crippen LogP contribution in [0.3, 0.4) is 0 Å². The number of piperidine rings is 1. The predicted molar refractivity (Wildman–Crippen MR) is 80.4 cm³/mol. The van der Waals surface area contributed by atoms with Gasteiger partial charge in [-0.25, -0.2) is 0 Å². The van der Waals surface area contributed by atoms with Crippen molar-refractivity contribution in [1.29, 1.82) is 0 Å². The van der Waals surface area contributed by atoms with Crippen molar-refractivity contribution in [1.82, 2.24) is 10.2 Å². The number of rotatable bonds is 4. The van der Waals surface area contributed by atoms with Gasteiger partial charge in [0.25, 0.3) is 0 Å². The Morgan fingerprint density at radius 3 is 2.50 bits per heavy atom. The Labute approximate surface area is 122 Å². The molecule has 1 heterocycles. The van der Waals surface area contributed by atoms with Crippen molar-refractivity contribution < 1.29 is 9.90 Å². The molecule has 0 radical (unpaired) electrons. The van der Waals surface area contributed by atoms with E-state index in [-0.39, 0.29) is 12.0 Å². The van der Waals surface area contributed by atoms with Crippen LogP contribution in [0.25, 0.3) is 0 Å². The van der Waals surface area contributed by atoms with Gasteiger partial charge in [0.2, 0.25) is 5.91 Å². The monoisotopic (exact) mass is 282 g/mol. The van der Waals surface area contributed by atoms with Crippen molar-refractivity contribution in [2.24, 2.45) is 11.8 Å². The van der Waals surface area contributed by atoms with Gasteiger partial charge in [-0.05, 0) is 57.5 Å².